The van der Waals surface area contributed by atoms with Crippen molar-refractivity contribution in [2.75, 3.05) is 23.9 Å². The number of aryl methyl sites for hydroxylation is 1. The fourth-order valence-electron chi connectivity index (χ4n) is 4.43. The second kappa shape index (κ2) is 9.76. The Balaban J connectivity index is 1.44. The molecule has 1 unspecified atom stereocenters. The summed E-state index contributed by atoms with van der Waals surface area (Å²) in [6.07, 6.45) is 2.11. The first-order valence-corrected chi connectivity index (χ1v) is 11.9. The van der Waals surface area contributed by atoms with E-state index in [2.05, 4.69) is 20.4 Å². The van der Waals surface area contributed by atoms with Crippen LogP contribution in [0.25, 0.3) is 17.4 Å². The van der Waals surface area contributed by atoms with E-state index in [1.807, 2.05) is 6.92 Å². The lowest BCUT2D eigenvalue weighted by atomic mass is 10.1. The molecule has 190 valence electrons. The van der Waals surface area contributed by atoms with Gasteiger partial charge in [0.1, 0.15) is 17.3 Å². The van der Waals surface area contributed by atoms with Gasteiger partial charge in [-0.15, -0.1) is 0 Å². The molecule has 4 aromatic rings. The molecule has 0 aliphatic carbocycles. The van der Waals surface area contributed by atoms with E-state index in [4.69, 9.17) is 9.15 Å². The molecule has 1 aliphatic rings. The van der Waals surface area contributed by atoms with E-state index in [0.29, 0.717) is 40.6 Å². The highest BCUT2D eigenvalue weighted by atomic mass is 16.5. The first kappa shape index (κ1) is 24.0. The lowest BCUT2D eigenvalue weighted by Crippen LogP contribution is -2.29. The fraction of sp³-hybridized carbons (Fsp3) is 0.269. The number of aromatic amines is 1. The van der Waals surface area contributed by atoms with Gasteiger partial charge >= 0.3 is 0 Å². The number of amides is 2. The largest absolute Gasteiger partial charge is 0.497 e. The average molecular weight is 503 g/mol. The van der Waals surface area contributed by atoms with Crippen molar-refractivity contribution in [3.8, 4) is 23.2 Å². The third-order valence-corrected chi connectivity index (χ3v) is 6.36. The third-order valence-electron chi connectivity index (χ3n) is 6.36. The quantitative estimate of drug-likeness (QED) is 0.396. The molecule has 1 fully saturated rings. The summed E-state index contributed by atoms with van der Waals surface area (Å²) >= 11 is 0. The molecule has 2 amide bonds. The van der Waals surface area contributed by atoms with E-state index in [9.17, 15) is 14.4 Å². The molecule has 1 saturated heterocycles. The highest BCUT2D eigenvalue weighted by Crippen LogP contribution is 2.30. The summed E-state index contributed by atoms with van der Waals surface area (Å²) in [6.45, 7) is 3.85. The maximum Gasteiger partial charge on any atom is 0.255 e. The molecule has 5 rings (SSSR count). The van der Waals surface area contributed by atoms with Crippen molar-refractivity contribution in [1.29, 1.82) is 0 Å². The van der Waals surface area contributed by atoms with Crippen molar-refractivity contribution in [2.24, 2.45) is 5.92 Å². The van der Waals surface area contributed by atoms with Gasteiger partial charge in [0, 0.05) is 42.0 Å². The Morgan fingerprint density at radius 1 is 1.24 bits per heavy atom. The lowest BCUT2D eigenvalue weighted by Gasteiger charge is -2.17. The van der Waals surface area contributed by atoms with Crippen molar-refractivity contribution >= 4 is 23.3 Å². The molecule has 4 heterocycles. The predicted molar refractivity (Wildman–Crippen MR) is 136 cm³/mol. The molecule has 0 spiro atoms. The standard InChI is InChI=1S/C26H26N6O5/c1-4-19-15(2)27-26(29-25(19)35)32-22(13-20(30-32)21-9-6-10-37-21)28-24(34)16-11-23(33)31(14-16)17-7-5-8-18(12-17)36-3/h5-10,12-13,16H,4,11,14H2,1-3H3,(H,28,34)(H,27,29,35). The van der Waals surface area contributed by atoms with Crippen LogP contribution in [0.5, 0.6) is 5.75 Å². The molecule has 0 bridgehead atoms. The van der Waals surface area contributed by atoms with Crippen molar-refractivity contribution in [3.63, 3.8) is 0 Å². The van der Waals surface area contributed by atoms with Gasteiger partial charge < -0.3 is 19.4 Å². The van der Waals surface area contributed by atoms with Crippen molar-refractivity contribution in [1.82, 2.24) is 19.7 Å². The Labute approximate surface area is 212 Å². The highest BCUT2D eigenvalue weighted by Gasteiger charge is 2.36. The SMILES string of the molecule is CCc1c(C)nc(-n2nc(-c3ccco3)cc2NC(=O)C2CC(=O)N(c3cccc(OC)c3)C2)[nH]c1=O. The second-order valence-electron chi connectivity index (χ2n) is 8.71. The van der Waals surface area contributed by atoms with E-state index >= 15 is 0 Å². The summed E-state index contributed by atoms with van der Waals surface area (Å²) < 4.78 is 12.1. The summed E-state index contributed by atoms with van der Waals surface area (Å²) in [5.41, 5.74) is 1.99. The van der Waals surface area contributed by atoms with E-state index in [0.717, 1.165) is 0 Å². The number of ether oxygens (including phenoxy) is 1. The van der Waals surface area contributed by atoms with E-state index in [1.165, 1.54) is 10.9 Å². The van der Waals surface area contributed by atoms with Crippen molar-refractivity contribution in [3.05, 3.63) is 70.3 Å². The lowest BCUT2D eigenvalue weighted by molar-refractivity contribution is -0.122. The maximum atomic E-state index is 13.3. The molecule has 1 aliphatic heterocycles. The predicted octanol–water partition coefficient (Wildman–Crippen LogP) is 3.09. The Morgan fingerprint density at radius 2 is 2.08 bits per heavy atom. The van der Waals surface area contributed by atoms with Gasteiger partial charge in [-0.25, -0.2) is 4.98 Å². The van der Waals surface area contributed by atoms with Gasteiger partial charge in [0.15, 0.2) is 5.76 Å². The fourth-order valence-corrected chi connectivity index (χ4v) is 4.43. The molecule has 1 aromatic carbocycles. The Hall–Kier alpha value is -4.67. The van der Waals surface area contributed by atoms with Gasteiger partial charge in [0.2, 0.25) is 17.8 Å². The number of rotatable bonds is 7. The molecular weight excluding hydrogens is 476 g/mol. The minimum Gasteiger partial charge on any atom is -0.497 e. The second-order valence-corrected chi connectivity index (χ2v) is 8.71. The number of nitrogens with one attached hydrogen (secondary N) is 2. The third kappa shape index (κ3) is 4.63. The van der Waals surface area contributed by atoms with Crippen molar-refractivity contribution < 1.29 is 18.7 Å². The summed E-state index contributed by atoms with van der Waals surface area (Å²) in [7, 11) is 1.56. The smallest absolute Gasteiger partial charge is 0.255 e. The Kier molecular flexibility index (Phi) is 6.34. The number of H-pyrrole nitrogens is 1. The molecule has 11 heteroatoms. The number of hydrogen-bond donors (Lipinski definition) is 2. The molecular formula is C26H26N6O5. The van der Waals surface area contributed by atoms with Crippen LogP contribution in [0.1, 0.15) is 24.6 Å². The average Bonchev–Trinajstić information content (AvgIpc) is 3.64. The zero-order chi connectivity index (χ0) is 26.1. The maximum absolute atomic E-state index is 13.3. The molecule has 1 atom stereocenters. The van der Waals surface area contributed by atoms with Crippen molar-refractivity contribution in [2.45, 2.75) is 26.7 Å². The van der Waals surface area contributed by atoms with E-state index in [-0.39, 0.29) is 42.1 Å². The minimum absolute atomic E-state index is 0.0572. The normalized spacial score (nSPS) is 15.3. The number of aromatic nitrogens is 4. The summed E-state index contributed by atoms with van der Waals surface area (Å²) in [5, 5.41) is 7.39. The number of carbonyl (C=O) groups excluding carboxylic acids is 2. The molecule has 2 N–H and O–H groups in total. The van der Waals surface area contributed by atoms with E-state index < -0.39 is 5.92 Å². The molecule has 37 heavy (non-hydrogen) atoms. The Morgan fingerprint density at radius 3 is 2.78 bits per heavy atom. The van der Waals surface area contributed by atoms with Crippen LogP contribution in [0.15, 0.2) is 57.9 Å². The van der Waals surface area contributed by atoms with Gasteiger partial charge in [0.25, 0.3) is 5.56 Å². The van der Waals surface area contributed by atoms with Crippen LogP contribution in [0.4, 0.5) is 11.5 Å². The number of furan rings is 1. The first-order valence-electron chi connectivity index (χ1n) is 11.9. The van der Waals surface area contributed by atoms with E-state index in [1.54, 1.807) is 61.4 Å². The monoisotopic (exact) mass is 502 g/mol. The van der Waals surface area contributed by atoms with Gasteiger partial charge in [-0.1, -0.05) is 13.0 Å². The van der Waals surface area contributed by atoms with Gasteiger partial charge in [-0.3, -0.25) is 19.4 Å². The first-order chi connectivity index (χ1) is 17.9. The zero-order valence-electron chi connectivity index (χ0n) is 20.6. The van der Waals surface area contributed by atoms with Crippen LogP contribution >= 0.6 is 0 Å². The Bertz CT molecular complexity index is 1520. The summed E-state index contributed by atoms with van der Waals surface area (Å²) in [4.78, 5) is 47.5. The number of benzene rings is 1. The van der Waals surface area contributed by atoms with Crippen LogP contribution in [0.3, 0.4) is 0 Å². The molecule has 11 nitrogen and oxygen atoms in total. The number of methoxy groups -OCH3 is 1. The minimum atomic E-state index is -0.592. The van der Waals surface area contributed by atoms with Crippen LogP contribution in [-0.4, -0.2) is 45.2 Å². The van der Waals surface area contributed by atoms with Gasteiger partial charge in [0.05, 0.1) is 19.3 Å². The zero-order valence-corrected chi connectivity index (χ0v) is 20.6. The molecule has 0 radical (unpaired) electrons. The van der Waals surface area contributed by atoms with Crippen LogP contribution in [0, 0.1) is 12.8 Å². The topological polar surface area (TPSA) is 135 Å². The molecule has 0 saturated carbocycles. The summed E-state index contributed by atoms with van der Waals surface area (Å²) in [6, 6.07) is 12.2. The number of carbonyl (C=O) groups is 2. The number of anilines is 2. The van der Waals surface area contributed by atoms with Crippen LogP contribution in [-0.2, 0) is 16.0 Å². The number of nitrogens with zero attached hydrogens (tertiary/aromatic N) is 4. The number of hydrogen-bond acceptors (Lipinski definition) is 7. The van der Waals surface area contributed by atoms with Crippen LogP contribution < -0.4 is 20.5 Å². The summed E-state index contributed by atoms with van der Waals surface area (Å²) in [5.74, 6) is 0.455. The van der Waals surface area contributed by atoms with Gasteiger partial charge in [-0.2, -0.15) is 9.78 Å². The van der Waals surface area contributed by atoms with Crippen LogP contribution in [0.2, 0.25) is 0 Å². The molecule has 3 aromatic heterocycles. The van der Waals surface area contributed by atoms with Gasteiger partial charge in [-0.05, 0) is 37.6 Å². The highest BCUT2D eigenvalue weighted by molar-refractivity contribution is 6.03.